The third-order valence-corrected chi connectivity index (χ3v) is 11.1. The number of fused-ring (bicyclic) bond motifs is 6. The first-order valence-corrected chi connectivity index (χ1v) is 18.6. The molecular formula is C51H34N4. The van der Waals surface area contributed by atoms with Gasteiger partial charge in [-0.15, -0.1) is 0 Å². The molecule has 2 heterocycles. The molecule has 0 saturated heterocycles. The molecule has 4 heteroatoms. The Balaban J connectivity index is 1.14. The Morgan fingerprint density at radius 1 is 0.473 bits per heavy atom. The molecule has 258 valence electrons. The molecular weight excluding hydrogens is 669 g/mol. The Hall–Kier alpha value is -7.22. The summed E-state index contributed by atoms with van der Waals surface area (Å²) in [6.07, 6.45) is 3.73. The summed E-state index contributed by atoms with van der Waals surface area (Å²) in [6.45, 7) is 4.67. The van der Waals surface area contributed by atoms with Gasteiger partial charge >= 0.3 is 0 Å². The molecule has 2 aromatic heterocycles. The van der Waals surface area contributed by atoms with Gasteiger partial charge in [-0.2, -0.15) is 5.26 Å². The summed E-state index contributed by atoms with van der Waals surface area (Å²) < 4.78 is 0. The van der Waals surface area contributed by atoms with Crippen LogP contribution < -0.4 is 0 Å². The molecule has 0 unspecified atom stereocenters. The van der Waals surface area contributed by atoms with Crippen LogP contribution in [0.5, 0.6) is 0 Å². The van der Waals surface area contributed by atoms with E-state index in [0.29, 0.717) is 11.4 Å². The van der Waals surface area contributed by atoms with E-state index in [9.17, 15) is 5.26 Å². The molecule has 0 bridgehead atoms. The predicted octanol–water partition coefficient (Wildman–Crippen LogP) is 12.7. The van der Waals surface area contributed by atoms with Crippen LogP contribution in [0.1, 0.15) is 30.5 Å². The first-order chi connectivity index (χ1) is 26.9. The summed E-state index contributed by atoms with van der Waals surface area (Å²) in [6, 6.07) is 57.7. The molecule has 0 amide bonds. The van der Waals surface area contributed by atoms with Gasteiger partial charge in [0.1, 0.15) is 0 Å². The Morgan fingerprint density at radius 3 is 1.85 bits per heavy atom. The van der Waals surface area contributed by atoms with Gasteiger partial charge in [0.2, 0.25) is 0 Å². The van der Waals surface area contributed by atoms with Gasteiger partial charge in [-0.1, -0.05) is 111 Å². The third kappa shape index (κ3) is 5.57. The molecule has 0 radical (unpaired) electrons. The molecule has 0 fully saturated rings. The first kappa shape index (κ1) is 32.4. The number of nitriles is 1. The lowest BCUT2D eigenvalue weighted by Crippen LogP contribution is -2.15. The zero-order valence-electron chi connectivity index (χ0n) is 30.5. The highest BCUT2D eigenvalue weighted by Crippen LogP contribution is 2.51. The van der Waals surface area contributed by atoms with Gasteiger partial charge in [-0.3, -0.25) is 4.98 Å². The molecule has 1 aliphatic rings. The average molecular weight is 703 g/mol. The van der Waals surface area contributed by atoms with Gasteiger partial charge in [0.25, 0.3) is 0 Å². The quantitative estimate of drug-likeness (QED) is 0.168. The first-order valence-electron chi connectivity index (χ1n) is 18.6. The molecule has 55 heavy (non-hydrogen) atoms. The van der Waals surface area contributed by atoms with Crippen LogP contribution in [0.2, 0.25) is 0 Å². The van der Waals surface area contributed by atoms with Gasteiger partial charge in [0.05, 0.1) is 23.0 Å². The highest BCUT2D eigenvalue weighted by atomic mass is 14.9. The maximum absolute atomic E-state index is 9.50. The van der Waals surface area contributed by atoms with Crippen molar-refractivity contribution in [1.29, 1.82) is 5.26 Å². The van der Waals surface area contributed by atoms with Gasteiger partial charge in [-0.05, 0) is 121 Å². The number of pyridine rings is 1. The highest BCUT2D eigenvalue weighted by molar-refractivity contribution is 6.10. The van der Waals surface area contributed by atoms with Crippen molar-refractivity contribution in [1.82, 2.24) is 15.0 Å². The van der Waals surface area contributed by atoms with Crippen molar-refractivity contribution in [3.8, 4) is 73.4 Å². The summed E-state index contributed by atoms with van der Waals surface area (Å²) >= 11 is 0. The van der Waals surface area contributed by atoms with Crippen LogP contribution in [0.3, 0.4) is 0 Å². The summed E-state index contributed by atoms with van der Waals surface area (Å²) in [5.74, 6) is 0.688. The minimum absolute atomic E-state index is 0.208. The summed E-state index contributed by atoms with van der Waals surface area (Å²) in [5, 5.41) is 14.2. The zero-order valence-corrected chi connectivity index (χ0v) is 30.5. The number of nitrogens with zero attached hydrogens (tertiary/aromatic N) is 4. The SMILES string of the molecule is CC1(C)c2cc(-c3cc(-c4cccnc4)cc(-c4cc(-c5ccccc5)nc(-c5ccccc5)n4)c3)ccc2-c2cc3c(ccc4cc(C#N)ccc43)cc21. The van der Waals surface area contributed by atoms with Crippen molar-refractivity contribution in [3.63, 3.8) is 0 Å². The lowest BCUT2D eigenvalue weighted by molar-refractivity contribution is 0.661. The normalized spacial score (nSPS) is 12.7. The maximum atomic E-state index is 9.50. The fourth-order valence-corrected chi connectivity index (χ4v) is 8.25. The summed E-state index contributed by atoms with van der Waals surface area (Å²) in [4.78, 5) is 14.7. The minimum Gasteiger partial charge on any atom is -0.264 e. The standard InChI is InChI=1S/C51H34N4/c1-51(2)46-26-35(18-20-43(46)45-28-44-37(27-47(45)51)17-16-36-22-32(30-52)15-19-42(36)44)39-23-40(38-14-9-21-53-31-38)25-41(24-39)49-29-48(33-10-5-3-6-11-33)54-50(55-49)34-12-7-4-8-13-34/h3-29,31H,1-2H3. The van der Waals surface area contributed by atoms with Crippen molar-refractivity contribution in [2.24, 2.45) is 0 Å². The molecule has 0 saturated carbocycles. The van der Waals surface area contributed by atoms with E-state index in [-0.39, 0.29) is 5.41 Å². The van der Waals surface area contributed by atoms with Gasteiger partial charge < -0.3 is 0 Å². The molecule has 7 aromatic carbocycles. The largest absolute Gasteiger partial charge is 0.264 e. The maximum Gasteiger partial charge on any atom is 0.160 e. The molecule has 0 aliphatic heterocycles. The Kier molecular flexibility index (Phi) is 7.50. The van der Waals surface area contributed by atoms with E-state index in [2.05, 4.69) is 128 Å². The lowest BCUT2D eigenvalue weighted by Gasteiger charge is -2.22. The van der Waals surface area contributed by atoms with Crippen molar-refractivity contribution >= 4 is 21.5 Å². The second kappa shape index (κ2) is 12.7. The van der Waals surface area contributed by atoms with Crippen molar-refractivity contribution in [2.75, 3.05) is 0 Å². The van der Waals surface area contributed by atoms with Crippen molar-refractivity contribution in [2.45, 2.75) is 19.3 Å². The van der Waals surface area contributed by atoms with E-state index >= 15 is 0 Å². The van der Waals surface area contributed by atoms with Gasteiger partial charge in [-0.25, -0.2) is 9.97 Å². The van der Waals surface area contributed by atoms with Gasteiger partial charge in [0, 0.05) is 40.1 Å². The average Bonchev–Trinajstić information content (AvgIpc) is 3.47. The van der Waals surface area contributed by atoms with Crippen LogP contribution >= 0.6 is 0 Å². The fourth-order valence-electron chi connectivity index (χ4n) is 8.25. The molecule has 4 nitrogen and oxygen atoms in total. The fraction of sp³-hybridized carbons (Fsp3) is 0.0588. The lowest BCUT2D eigenvalue weighted by atomic mass is 9.80. The second-order valence-electron chi connectivity index (χ2n) is 14.9. The van der Waals surface area contributed by atoms with Crippen LogP contribution in [-0.2, 0) is 5.41 Å². The van der Waals surface area contributed by atoms with Crippen LogP contribution in [0, 0.1) is 11.3 Å². The summed E-state index contributed by atoms with van der Waals surface area (Å²) in [7, 11) is 0. The minimum atomic E-state index is -0.208. The van der Waals surface area contributed by atoms with E-state index in [1.54, 1.807) is 0 Å². The number of aromatic nitrogens is 3. The highest BCUT2D eigenvalue weighted by Gasteiger charge is 2.36. The topological polar surface area (TPSA) is 62.5 Å². The Morgan fingerprint density at radius 2 is 1.13 bits per heavy atom. The smallest absolute Gasteiger partial charge is 0.160 e. The molecule has 0 atom stereocenters. The molecule has 1 aliphatic carbocycles. The Labute approximate surface area is 320 Å². The second-order valence-corrected chi connectivity index (χ2v) is 14.9. The molecule has 10 rings (SSSR count). The van der Waals surface area contributed by atoms with Crippen LogP contribution in [0.4, 0.5) is 0 Å². The zero-order chi connectivity index (χ0) is 37.1. The van der Waals surface area contributed by atoms with E-state index in [1.807, 2.05) is 67.0 Å². The van der Waals surface area contributed by atoms with Gasteiger partial charge in [0.15, 0.2) is 5.82 Å². The van der Waals surface area contributed by atoms with E-state index < -0.39 is 0 Å². The number of rotatable bonds is 5. The van der Waals surface area contributed by atoms with Crippen LogP contribution in [0.25, 0.3) is 88.8 Å². The van der Waals surface area contributed by atoms with E-state index in [0.717, 1.165) is 61.1 Å². The Bertz CT molecular complexity index is 2940. The monoisotopic (exact) mass is 702 g/mol. The number of hydrogen-bond acceptors (Lipinski definition) is 4. The molecule has 0 spiro atoms. The van der Waals surface area contributed by atoms with Crippen molar-refractivity contribution < 1.29 is 0 Å². The predicted molar refractivity (Wildman–Crippen MR) is 224 cm³/mol. The molecule has 0 N–H and O–H groups in total. The summed E-state index contributed by atoms with van der Waals surface area (Å²) in [5.41, 5.74) is 14.7. The van der Waals surface area contributed by atoms with E-state index in [1.165, 1.54) is 33.0 Å². The number of hydrogen-bond donors (Lipinski definition) is 0. The van der Waals surface area contributed by atoms with Crippen LogP contribution in [-0.4, -0.2) is 15.0 Å². The van der Waals surface area contributed by atoms with E-state index in [4.69, 9.17) is 9.97 Å². The van der Waals surface area contributed by atoms with Crippen molar-refractivity contribution in [3.05, 3.63) is 187 Å². The third-order valence-electron chi connectivity index (χ3n) is 11.1. The number of benzene rings is 7. The van der Waals surface area contributed by atoms with Crippen LogP contribution in [0.15, 0.2) is 170 Å². The molecule has 9 aromatic rings.